The molecule has 0 saturated carbocycles. The van der Waals surface area contributed by atoms with Gasteiger partial charge in [-0.15, -0.1) is 0 Å². The summed E-state index contributed by atoms with van der Waals surface area (Å²) in [6.07, 6.45) is 7.51. The molecule has 0 radical (unpaired) electrons. The lowest BCUT2D eigenvalue weighted by Gasteiger charge is -2.29. The number of hydrogen-bond acceptors (Lipinski definition) is 4. The zero-order valence-corrected chi connectivity index (χ0v) is 16.0. The fourth-order valence-electron chi connectivity index (χ4n) is 5.29. The van der Waals surface area contributed by atoms with Crippen LogP contribution in [0.2, 0.25) is 0 Å². The molecule has 0 aromatic carbocycles. The molecule has 3 saturated heterocycles. The van der Waals surface area contributed by atoms with Crippen molar-refractivity contribution in [1.82, 2.24) is 24.6 Å². The van der Waals surface area contributed by atoms with E-state index in [1.54, 1.807) is 23.1 Å². The maximum absolute atomic E-state index is 13.0. The lowest BCUT2D eigenvalue weighted by Crippen LogP contribution is -2.42. The van der Waals surface area contributed by atoms with Gasteiger partial charge in [0, 0.05) is 50.6 Å². The van der Waals surface area contributed by atoms with Crippen molar-refractivity contribution in [2.24, 2.45) is 18.9 Å². The van der Waals surface area contributed by atoms with Crippen LogP contribution < -0.4 is 5.32 Å². The van der Waals surface area contributed by atoms with Gasteiger partial charge >= 0.3 is 0 Å². The molecule has 148 valence electrons. The van der Waals surface area contributed by atoms with Crippen molar-refractivity contribution in [2.45, 2.75) is 31.1 Å². The molecular weight excluding hydrogens is 358 g/mol. The smallest absolute Gasteiger partial charge is 0.270 e. The maximum Gasteiger partial charge on any atom is 0.270 e. The van der Waals surface area contributed by atoms with Crippen LogP contribution in [0.25, 0.3) is 0 Å². The van der Waals surface area contributed by atoms with E-state index in [2.05, 4.69) is 10.4 Å². The molecule has 2 bridgehead atoms. The average Bonchev–Trinajstić information content (AvgIpc) is 3.46. The van der Waals surface area contributed by atoms with E-state index in [4.69, 9.17) is 4.74 Å². The van der Waals surface area contributed by atoms with Crippen molar-refractivity contribution in [3.63, 3.8) is 0 Å². The Labute approximate surface area is 163 Å². The monoisotopic (exact) mass is 383 g/mol. The fourth-order valence-corrected chi connectivity index (χ4v) is 5.29. The third kappa shape index (κ3) is 2.74. The van der Waals surface area contributed by atoms with E-state index in [1.165, 1.54) is 0 Å². The highest BCUT2D eigenvalue weighted by molar-refractivity contribution is 5.93. The number of amides is 2. The Morgan fingerprint density at radius 3 is 3.00 bits per heavy atom. The summed E-state index contributed by atoms with van der Waals surface area (Å²) in [6, 6.07) is 5.56. The first-order chi connectivity index (χ1) is 13.6. The molecule has 8 heteroatoms. The Bertz CT molecular complexity index is 892. The Hall–Kier alpha value is -2.61. The molecule has 28 heavy (non-hydrogen) atoms. The molecule has 2 aromatic rings. The van der Waals surface area contributed by atoms with Gasteiger partial charge in [-0.1, -0.05) is 0 Å². The van der Waals surface area contributed by atoms with E-state index in [1.807, 2.05) is 34.8 Å². The summed E-state index contributed by atoms with van der Waals surface area (Å²) in [5.74, 6) is 0.544. The Morgan fingerprint density at radius 2 is 2.25 bits per heavy atom. The van der Waals surface area contributed by atoms with Crippen LogP contribution in [-0.4, -0.2) is 62.4 Å². The Balaban J connectivity index is 1.25. The number of hydrogen-bond donors (Lipinski definition) is 1. The minimum absolute atomic E-state index is 0.0461. The molecule has 1 N–H and O–H groups in total. The number of carbonyl (C=O) groups excluding carboxylic acids is 2. The molecule has 8 nitrogen and oxygen atoms in total. The summed E-state index contributed by atoms with van der Waals surface area (Å²) in [7, 11) is 1.89. The number of nitrogens with one attached hydrogen (secondary N) is 1. The molecule has 3 aliphatic heterocycles. The van der Waals surface area contributed by atoms with Gasteiger partial charge in [0.05, 0.1) is 18.2 Å². The van der Waals surface area contributed by atoms with Crippen LogP contribution in [0.1, 0.15) is 23.3 Å². The van der Waals surface area contributed by atoms with Crippen LogP contribution in [0.5, 0.6) is 0 Å². The van der Waals surface area contributed by atoms with Crippen molar-refractivity contribution < 1.29 is 14.3 Å². The number of ether oxygens (including phenoxy) is 1. The van der Waals surface area contributed by atoms with Gasteiger partial charge in [-0.3, -0.25) is 14.3 Å². The second-order valence-electron chi connectivity index (χ2n) is 8.23. The summed E-state index contributed by atoms with van der Waals surface area (Å²) in [5.41, 5.74) is 0.470. The predicted molar refractivity (Wildman–Crippen MR) is 100 cm³/mol. The van der Waals surface area contributed by atoms with Gasteiger partial charge in [-0.25, -0.2) is 0 Å². The van der Waals surface area contributed by atoms with Gasteiger partial charge in [0.15, 0.2) is 0 Å². The third-order valence-corrected chi connectivity index (χ3v) is 6.63. The third-order valence-electron chi connectivity index (χ3n) is 6.63. The van der Waals surface area contributed by atoms with Gasteiger partial charge in [-0.05, 0) is 31.0 Å². The molecule has 2 amide bonds. The largest absolute Gasteiger partial charge is 0.369 e. The number of nitrogens with zero attached hydrogens (tertiary/aromatic N) is 4. The lowest BCUT2D eigenvalue weighted by molar-refractivity contribution is -0.122. The van der Waals surface area contributed by atoms with Gasteiger partial charge in [0.25, 0.3) is 5.91 Å². The highest BCUT2D eigenvalue weighted by Gasteiger charge is 2.63. The number of rotatable bonds is 5. The van der Waals surface area contributed by atoms with Crippen LogP contribution in [0.3, 0.4) is 0 Å². The van der Waals surface area contributed by atoms with Gasteiger partial charge in [0.2, 0.25) is 5.91 Å². The molecule has 3 fully saturated rings. The fraction of sp³-hybridized carbons (Fsp3) is 0.550. The molecule has 0 unspecified atom stereocenters. The van der Waals surface area contributed by atoms with Crippen molar-refractivity contribution in [3.8, 4) is 0 Å². The molecule has 5 heterocycles. The minimum atomic E-state index is -0.233. The number of likely N-dealkylation sites (tertiary alicyclic amines) is 1. The Kier molecular flexibility index (Phi) is 4.04. The van der Waals surface area contributed by atoms with Crippen molar-refractivity contribution >= 4 is 11.8 Å². The first-order valence-electron chi connectivity index (χ1n) is 9.88. The quantitative estimate of drug-likeness (QED) is 0.822. The van der Waals surface area contributed by atoms with E-state index in [9.17, 15) is 9.59 Å². The summed E-state index contributed by atoms with van der Waals surface area (Å²) >= 11 is 0. The SMILES string of the molecule is Cn1cccc1C(=O)N1C[C@@H]2[C@H](CNC(=O)Cn3cccn3)[C@H]3CC[C@]2(C1)O3. The second kappa shape index (κ2) is 6.48. The number of fused-ring (bicyclic) bond motifs is 1. The first kappa shape index (κ1) is 17.5. The molecule has 2 aromatic heterocycles. The summed E-state index contributed by atoms with van der Waals surface area (Å²) in [5, 5.41) is 7.12. The summed E-state index contributed by atoms with van der Waals surface area (Å²) in [6.45, 7) is 2.15. The predicted octanol–water partition coefficient (Wildman–Crippen LogP) is 0.658. The second-order valence-corrected chi connectivity index (χ2v) is 8.23. The maximum atomic E-state index is 13.0. The highest BCUT2D eigenvalue weighted by atomic mass is 16.5. The standard InChI is InChI=1S/C20H25N5O3/c1-23-8-2-4-16(23)19(27)24-11-15-14(17-5-6-20(15,13-24)28-17)10-21-18(26)12-25-9-3-7-22-25/h2-4,7-9,14-15,17H,5-6,10-13H2,1H3,(H,21,26)/t14-,15+,17+,20+/m0/s1. The van der Waals surface area contributed by atoms with E-state index >= 15 is 0 Å². The zero-order valence-electron chi connectivity index (χ0n) is 16.0. The number of aromatic nitrogens is 3. The molecule has 3 aliphatic rings. The van der Waals surface area contributed by atoms with E-state index < -0.39 is 0 Å². The van der Waals surface area contributed by atoms with Crippen LogP contribution >= 0.6 is 0 Å². The van der Waals surface area contributed by atoms with Gasteiger partial charge in [0.1, 0.15) is 12.2 Å². The van der Waals surface area contributed by atoms with Crippen LogP contribution in [-0.2, 0) is 23.1 Å². The molecular formula is C20H25N5O3. The highest BCUT2D eigenvalue weighted by Crippen LogP contribution is 2.54. The molecule has 1 spiro atoms. The number of carbonyl (C=O) groups is 2. The lowest BCUT2D eigenvalue weighted by atomic mass is 9.73. The Morgan fingerprint density at radius 1 is 1.36 bits per heavy atom. The topological polar surface area (TPSA) is 81.4 Å². The minimum Gasteiger partial charge on any atom is -0.369 e. The van der Waals surface area contributed by atoms with Crippen molar-refractivity contribution in [1.29, 1.82) is 0 Å². The van der Waals surface area contributed by atoms with E-state index in [0.717, 1.165) is 12.8 Å². The molecule has 4 atom stereocenters. The average molecular weight is 383 g/mol. The van der Waals surface area contributed by atoms with Crippen molar-refractivity contribution in [2.75, 3.05) is 19.6 Å². The normalized spacial score (nSPS) is 30.6. The summed E-state index contributed by atoms with van der Waals surface area (Å²) < 4.78 is 9.87. The van der Waals surface area contributed by atoms with Crippen LogP contribution in [0.4, 0.5) is 0 Å². The van der Waals surface area contributed by atoms with Gasteiger partial charge < -0.3 is 19.5 Å². The van der Waals surface area contributed by atoms with Crippen molar-refractivity contribution in [3.05, 3.63) is 42.5 Å². The van der Waals surface area contributed by atoms with Crippen LogP contribution in [0.15, 0.2) is 36.8 Å². The number of aryl methyl sites for hydroxylation is 1. The molecule has 0 aliphatic carbocycles. The van der Waals surface area contributed by atoms with Gasteiger partial charge in [-0.2, -0.15) is 5.10 Å². The summed E-state index contributed by atoms with van der Waals surface area (Å²) in [4.78, 5) is 27.1. The zero-order chi connectivity index (χ0) is 19.3. The molecule has 5 rings (SSSR count). The first-order valence-corrected chi connectivity index (χ1v) is 9.88. The van der Waals surface area contributed by atoms with E-state index in [0.29, 0.717) is 25.3 Å². The van der Waals surface area contributed by atoms with Crippen LogP contribution in [0, 0.1) is 11.8 Å². The van der Waals surface area contributed by atoms with E-state index in [-0.39, 0.29) is 41.9 Å².